The number of Topliss-reactive ketones (excluding diaryl/α,β-unsaturated/α-hetero) is 1. The first kappa shape index (κ1) is 13.1. The van der Waals surface area contributed by atoms with E-state index in [9.17, 15) is 23.2 Å². The summed E-state index contributed by atoms with van der Waals surface area (Å²) in [7, 11) is 1.07. The van der Waals surface area contributed by atoms with Gasteiger partial charge in [0.1, 0.15) is 0 Å². The van der Waals surface area contributed by atoms with Gasteiger partial charge in [-0.1, -0.05) is 0 Å². The summed E-state index contributed by atoms with van der Waals surface area (Å²) >= 11 is 0. The topological polar surface area (TPSA) is 63.7 Å². The summed E-state index contributed by atoms with van der Waals surface area (Å²) in [6, 6.07) is 1.35. The second-order valence-electron chi connectivity index (χ2n) is 3.97. The summed E-state index contributed by atoms with van der Waals surface area (Å²) in [5, 5.41) is 0. The molecule has 0 radical (unpaired) electrons. The summed E-state index contributed by atoms with van der Waals surface area (Å²) < 4.78 is 30.9. The fourth-order valence-corrected chi connectivity index (χ4v) is 1.84. The molecule has 19 heavy (non-hydrogen) atoms. The molecule has 0 spiro atoms. The molecular formula is C12H9F2NO4. The number of rotatable bonds is 2. The van der Waals surface area contributed by atoms with Gasteiger partial charge in [0, 0.05) is 6.07 Å². The lowest BCUT2D eigenvalue weighted by Gasteiger charge is -2.18. The van der Waals surface area contributed by atoms with Gasteiger partial charge in [-0.15, -0.1) is 0 Å². The van der Waals surface area contributed by atoms with Crippen molar-refractivity contribution in [2.24, 2.45) is 0 Å². The van der Waals surface area contributed by atoms with Crippen molar-refractivity contribution < 1.29 is 27.9 Å². The predicted octanol–water partition coefficient (Wildman–Crippen LogP) is 1.06. The number of anilines is 1. The highest BCUT2D eigenvalue weighted by Gasteiger charge is 2.32. The molecule has 0 atom stereocenters. The summed E-state index contributed by atoms with van der Waals surface area (Å²) in [5.74, 6) is -4.29. The van der Waals surface area contributed by atoms with Crippen molar-refractivity contribution in [1.82, 2.24) is 0 Å². The number of hydrogen-bond donors (Lipinski definition) is 0. The highest BCUT2D eigenvalue weighted by atomic mass is 19.2. The van der Waals surface area contributed by atoms with E-state index in [0.29, 0.717) is 12.1 Å². The van der Waals surface area contributed by atoms with Crippen LogP contribution in [0.1, 0.15) is 16.8 Å². The maximum absolute atomic E-state index is 13.3. The number of esters is 1. The Morgan fingerprint density at radius 2 is 1.89 bits per heavy atom. The first-order valence-corrected chi connectivity index (χ1v) is 5.33. The van der Waals surface area contributed by atoms with Crippen LogP contribution in [0.5, 0.6) is 0 Å². The van der Waals surface area contributed by atoms with Crippen LogP contribution in [0.4, 0.5) is 14.5 Å². The molecule has 0 unspecified atom stereocenters. The number of ketones is 1. The predicted molar refractivity (Wildman–Crippen MR) is 59.7 cm³/mol. The second-order valence-corrected chi connectivity index (χ2v) is 3.97. The number of carbonyl (C=O) groups is 3. The van der Waals surface area contributed by atoms with Crippen LogP contribution >= 0.6 is 0 Å². The van der Waals surface area contributed by atoms with Gasteiger partial charge in [0.25, 0.3) is 0 Å². The Kier molecular flexibility index (Phi) is 3.28. The van der Waals surface area contributed by atoms with E-state index in [1.807, 2.05) is 0 Å². The maximum Gasteiger partial charge on any atom is 0.340 e. The van der Waals surface area contributed by atoms with Gasteiger partial charge in [-0.05, 0) is 6.07 Å². The Hall–Kier alpha value is -2.31. The van der Waals surface area contributed by atoms with E-state index in [4.69, 9.17) is 0 Å². The van der Waals surface area contributed by atoms with Gasteiger partial charge in [0.05, 0.1) is 31.3 Å². The van der Waals surface area contributed by atoms with Crippen LogP contribution in [0.3, 0.4) is 0 Å². The average Bonchev–Trinajstić information content (AvgIpc) is 2.70. The SMILES string of the molecule is COC(=O)c1cc(F)c(F)cc1N1CC(=O)CC1=O. The number of nitrogens with zero attached hydrogens (tertiary/aromatic N) is 1. The summed E-state index contributed by atoms with van der Waals surface area (Å²) in [5.41, 5.74) is -0.467. The molecule has 0 bridgehead atoms. The molecule has 1 saturated heterocycles. The molecule has 0 aliphatic carbocycles. The molecule has 1 fully saturated rings. The summed E-state index contributed by atoms with van der Waals surface area (Å²) in [6.45, 7) is -0.270. The Morgan fingerprint density at radius 1 is 1.26 bits per heavy atom. The third-order valence-corrected chi connectivity index (χ3v) is 2.72. The molecule has 1 aliphatic rings. The van der Waals surface area contributed by atoms with Crippen LogP contribution in [0.2, 0.25) is 0 Å². The minimum atomic E-state index is -1.23. The molecule has 1 aliphatic heterocycles. The fraction of sp³-hybridized carbons (Fsp3) is 0.250. The van der Waals surface area contributed by atoms with Crippen LogP contribution in [0.15, 0.2) is 12.1 Å². The highest BCUT2D eigenvalue weighted by molar-refractivity contribution is 6.16. The molecule has 5 nitrogen and oxygen atoms in total. The van der Waals surface area contributed by atoms with E-state index in [0.717, 1.165) is 12.0 Å². The van der Waals surface area contributed by atoms with E-state index < -0.39 is 23.5 Å². The van der Waals surface area contributed by atoms with Gasteiger partial charge < -0.3 is 9.64 Å². The number of benzene rings is 1. The third kappa shape index (κ3) is 2.31. The van der Waals surface area contributed by atoms with Crippen molar-refractivity contribution in [3.63, 3.8) is 0 Å². The fourth-order valence-electron chi connectivity index (χ4n) is 1.84. The molecule has 1 aromatic carbocycles. The molecule has 0 N–H and O–H groups in total. The lowest BCUT2D eigenvalue weighted by Crippen LogP contribution is -2.27. The highest BCUT2D eigenvalue weighted by Crippen LogP contribution is 2.27. The van der Waals surface area contributed by atoms with E-state index in [1.54, 1.807) is 0 Å². The second kappa shape index (κ2) is 4.75. The van der Waals surface area contributed by atoms with E-state index in [1.165, 1.54) is 0 Å². The minimum Gasteiger partial charge on any atom is -0.465 e. The number of carbonyl (C=O) groups excluding carboxylic acids is 3. The number of hydrogen-bond acceptors (Lipinski definition) is 4. The van der Waals surface area contributed by atoms with E-state index in [2.05, 4.69) is 4.74 Å². The van der Waals surface area contributed by atoms with Gasteiger partial charge in [-0.25, -0.2) is 13.6 Å². The van der Waals surface area contributed by atoms with Crippen LogP contribution in [-0.2, 0) is 14.3 Å². The van der Waals surface area contributed by atoms with Crippen molar-refractivity contribution >= 4 is 23.3 Å². The monoisotopic (exact) mass is 269 g/mol. The van der Waals surface area contributed by atoms with E-state index in [-0.39, 0.29) is 30.0 Å². The van der Waals surface area contributed by atoms with Crippen LogP contribution in [0, 0.1) is 11.6 Å². The molecule has 7 heteroatoms. The standard InChI is InChI=1S/C12H9F2NO4/c1-19-12(18)7-3-8(13)9(14)4-10(7)15-5-6(16)2-11(15)17/h3-4H,2,5H2,1H3. The Balaban J connectivity index is 2.55. The Morgan fingerprint density at radius 3 is 2.42 bits per heavy atom. The first-order valence-electron chi connectivity index (χ1n) is 5.33. The van der Waals surface area contributed by atoms with Crippen LogP contribution in [0.25, 0.3) is 0 Å². The largest absolute Gasteiger partial charge is 0.465 e. The van der Waals surface area contributed by atoms with Gasteiger partial charge in [0.15, 0.2) is 17.4 Å². The van der Waals surface area contributed by atoms with Gasteiger partial charge in [-0.3, -0.25) is 9.59 Å². The van der Waals surface area contributed by atoms with Crippen LogP contribution in [-0.4, -0.2) is 31.3 Å². The molecule has 2 rings (SSSR count). The average molecular weight is 269 g/mol. The molecule has 100 valence electrons. The molecule has 1 amide bonds. The molecular weight excluding hydrogens is 260 g/mol. The molecule has 1 aromatic rings. The molecule has 0 aromatic heterocycles. The third-order valence-electron chi connectivity index (χ3n) is 2.72. The van der Waals surface area contributed by atoms with Crippen molar-refractivity contribution in [2.45, 2.75) is 6.42 Å². The van der Waals surface area contributed by atoms with Gasteiger partial charge in [-0.2, -0.15) is 0 Å². The number of halogens is 2. The molecule has 0 saturated carbocycles. The van der Waals surface area contributed by atoms with Crippen molar-refractivity contribution in [3.8, 4) is 0 Å². The van der Waals surface area contributed by atoms with Gasteiger partial charge >= 0.3 is 5.97 Å². The Labute approximate surface area is 106 Å². The van der Waals surface area contributed by atoms with Gasteiger partial charge in [0.2, 0.25) is 5.91 Å². The summed E-state index contributed by atoms with van der Waals surface area (Å²) in [6.07, 6.45) is -0.320. The first-order chi connectivity index (χ1) is 8.93. The molecule has 1 heterocycles. The van der Waals surface area contributed by atoms with Crippen molar-refractivity contribution in [1.29, 1.82) is 0 Å². The van der Waals surface area contributed by atoms with Crippen molar-refractivity contribution in [3.05, 3.63) is 29.3 Å². The maximum atomic E-state index is 13.3. The van der Waals surface area contributed by atoms with Crippen LogP contribution < -0.4 is 4.90 Å². The zero-order chi connectivity index (χ0) is 14.2. The lowest BCUT2D eigenvalue weighted by molar-refractivity contribution is -0.121. The number of amides is 1. The zero-order valence-corrected chi connectivity index (χ0v) is 9.91. The summed E-state index contributed by atoms with van der Waals surface area (Å²) in [4.78, 5) is 35.2. The normalized spacial score (nSPS) is 15.0. The number of methoxy groups -OCH3 is 1. The van der Waals surface area contributed by atoms with Crippen molar-refractivity contribution in [2.75, 3.05) is 18.6 Å². The number of ether oxygens (including phenoxy) is 1. The van der Waals surface area contributed by atoms with E-state index >= 15 is 0 Å². The zero-order valence-electron chi connectivity index (χ0n) is 9.91. The lowest BCUT2D eigenvalue weighted by atomic mass is 10.1. The quantitative estimate of drug-likeness (QED) is 0.595. The minimum absolute atomic E-state index is 0.165. The smallest absolute Gasteiger partial charge is 0.340 e. The Bertz CT molecular complexity index is 585.